The smallest absolute Gasteiger partial charge is 0.111 e. The summed E-state index contributed by atoms with van der Waals surface area (Å²) >= 11 is 0. The average molecular weight is 212 g/mol. The van der Waals surface area contributed by atoms with E-state index in [1.165, 1.54) is 11.1 Å². The molecule has 88 valence electrons. The zero-order valence-corrected chi connectivity index (χ0v) is 10.9. The van der Waals surface area contributed by atoms with Crippen LogP contribution in [0.4, 0.5) is 4.39 Å². The first-order valence-electron chi connectivity index (χ1n) is 5.96. The van der Waals surface area contributed by atoms with E-state index in [2.05, 4.69) is 33.8 Å². The highest BCUT2D eigenvalue weighted by Crippen LogP contribution is 2.21. The minimum absolute atomic E-state index is 0.320. The standard InChI is InChI=1S/C14H25F/c1-6-11(3)8-14(13(5)10-15)9-12(4)7-2/h8,12H,6-7,9-10H2,1-5H3/b11-8-,14-13+. The van der Waals surface area contributed by atoms with Gasteiger partial charge >= 0.3 is 0 Å². The van der Waals surface area contributed by atoms with Crippen LogP contribution in [0.2, 0.25) is 0 Å². The maximum absolute atomic E-state index is 12.7. The van der Waals surface area contributed by atoms with Crippen LogP contribution in [0.5, 0.6) is 0 Å². The van der Waals surface area contributed by atoms with Crippen molar-refractivity contribution in [2.75, 3.05) is 6.67 Å². The highest BCUT2D eigenvalue weighted by Gasteiger charge is 2.05. The van der Waals surface area contributed by atoms with E-state index in [0.717, 1.165) is 24.8 Å². The van der Waals surface area contributed by atoms with Crippen LogP contribution < -0.4 is 0 Å². The van der Waals surface area contributed by atoms with Gasteiger partial charge in [-0.15, -0.1) is 0 Å². The fourth-order valence-corrected chi connectivity index (χ4v) is 1.36. The van der Waals surface area contributed by atoms with E-state index in [0.29, 0.717) is 5.92 Å². The third-order valence-corrected chi connectivity index (χ3v) is 2.99. The molecule has 0 aliphatic rings. The van der Waals surface area contributed by atoms with Crippen LogP contribution in [0, 0.1) is 5.92 Å². The topological polar surface area (TPSA) is 0 Å². The number of hydrogen-bond acceptors (Lipinski definition) is 0. The Balaban J connectivity index is 4.76. The number of alkyl halides is 1. The van der Waals surface area contributed by atoms with Gasteiger partial charge in [-0.25, -0.2) is 4.39 Å². The van der Waals surface area contributed by atoms with E-state index in [4.69, 9.17) is 0 Å². The number of hydrogen-bond donors (Lipinski definition) is 0. The van der Waals surface area contributed by atoms with Crippen molar-refractivity contribution in [3.8, 4) is 0 Å². The molecule has 1 heteroatoms. The molecule has 0 spiro atoms. The minimum atomic E-state index is -0.320. The van der Waals surface area contributed by atoms with Crippen LogP contribution in [0.25, 0.3) is 0 Å². The van der Waals surface area contributed by atoms with E-state index in [1.807, 2.05) is 6.92 Å². The molecule has 0 aromatic carbocycles. The molecule has 0 fully saturated rings. The Bertz CT molecular complexity index is 236. The van der Waals surface area contributed by atoms with Gasteiger partial charge in [-0.3, -0.25) is 0 Å². The van der Waals surface area contributed by atoms with Crippen LogP contribution >= 0.6 is 0 Å². The summed E-state index contributed by atoms with van der Waals surface area (Å²) in [4.78, 5) is 0. The van der Waals surface area contributed by atoms with Gasteiger partial charge in [-0.05, 0) is 43.8 Å². The van der Waals surface area contributed by atoms with Crippen molar-refractivity contribution in [1.29, 1.82) is 0 Å². The van der Waals surface area contributed by atoms with E-state index >= 15 is 0 Å². The summed E-state index contributed by atoms with van der Waals surface area (Å²) in [6, 6.07) is 0. The Morgan fingerprint density at radius 2 is 1.87 bits per heavy atom. The first kappa shape index (κ1) is 14.4. The Morgan fingerprint density at radius 1 is 1.27 bits per heavy atom. The van der Waals surface area contributed by atoms with Gasteiger partial charge in [0.1, 0.15) is 6.67 Å². The Kier molecular flexibility index (Phi) is 7.37. The van der Waals surface area contributed by atoms with Gasteiger partial charge in [-0.1, -0.05) is 38.8 Å². The Hall–Kier alpha value is -0.590. The lowest BCUT2D eigenvalue weighted by Crippen LogP contribution is -1.98. The van der Waals surface area contributed by atoms with Crippen molar-refractivity contribution >= 4 is 0 Å². The maximum atomic E-state index is 12.7. The van der Waals surface area contributed by atoms with Crippen molar-refractivity contribution in [2.45, 2.75) is 53.9 Å². The maximum Gasteiger partial charge on any atom is 0.111 e. The van der Waals surface area contributed by atoms with Crippen molar-refractivity contribution in [3.05, 3.63) is 22.8 Å². The van der Waals surface area contributed by atoms with Gasteiger partial charge < -0.3 is 0 Å². The molecule has 0 amide bonds. The fraction of sp³-hybridized carbons (Fsp3) is 0.714. The summed E-state index contributed by atoms with van der Waals surface area (Å²) in [5.41, 5.74) is 3.43. The van der Waals surface area contributed by atoms with E-state index < -0.39 is 0 Å². The van der Waals surface area contributed by atoms with Gasteiger partial charge in [0.25, 0.3) is 0 Å². The summed E-state index contributed by atoms with van der Waals surface area (Å²) in [6.45, 7) is 10.2. The quantitative estimate of drug-likeness (QED) is 0.539. The third-order valence-electron chi connectivity index (χ3n) is 2.99. The minimum Gasteiger partial charge on any atom is -0.246 e. The second-order valence-electron chi connectivity index (χ2n) is 4.50. The molecule has 0 bridgehead atoms. The van der Waals surface area contributed by atoms with Gasteiger partial charge in [0.2, 0.25) is 0 Å². The SMILES string of the molecule is CC/C(C)=C\C(CC(C)CC)=C(\C)CF. The first-order chi connectivity index (χ1) is 7.04. The van der Waals surface area contributed by atoms with Crippen molar-refractivity contribution < 1.29 is 4.39 Å². The van der Waals surface area contributed by atoms with Crippen molar-refractivity contribution in [2.24, 2.45) is 5.92 Å². The summed E-state index contributed by atoms with van der Waals surface area (Å²) in [7, 11) is 0. The van der Waals surface area contributed by atoms with Crippen LogP contribution in [0.1, 0.15) is 53.9 Å². The molecule has 0 heterocycles. The van der Waals surface area contributed by atoms with Crippen LogP contribution in [-0.4, -0.2) is 6.67 Å². The second kappa shape index (κ2) is 7.67. The Morgan fingerprint density at radius 3 is 2.27 bits per heavy atom. The van der Waals surface area contributed by atoms with Crippen LogP contribution in [-0.2, 0) is 0 Å². The summed E-state index contributed by atoms with van der Waals surface area (Å²) < 4.78 is 12.7. The van der Waals surface area contributed by atoms with E-state index in [9.17, 15) is 4.39 Å². The fourth-order valence-electron chi connectivity index (χ4n) is 1.36. The number of rotatable bonds is 6. The normalized spacial score (nSPS) is 16.3. The van der Waals surface area contributed by atoms with Gasteiger partial charge in [0, 0.05) is 0 Å². The molecular formula is C14H25F. The monoisotopic (exact) mass is 212 g/mol. The molecule has 1 unspecified atom stereocenters. The molecule has 15 heavy (non-hydrogen) atoms. The van der Waals surface area contributed by atoms with Gasteiger partial charge in [0.15, 0.2) is 0 Å². The average Bonchev–Trinajstić information content (AvgIpc) is 2.26. The molecule has 0 radical (unpaired) electrons. The highest BCUT2D eigenvalue weighted by atomic mass is 19.1. The number of halogens is 1. The zero-order chi connectivity index (χ0) is 11.8. The molecule has 0 rings (SSSR count). The molecule has 0 aromatic heterocycles. The molecule has 0 saturated carbocycles. The van der Waals surface area contributed by atoms with E-state index in [1.54, 1.807) is 0 Å². The van der Waals surface area contributed by atoms with Gasteiger partial charge in [0.05, 0.1) is 0 Å². The molecule has 0 N–H and O–H groups in total. The molecule has 0 nitrogen and oxygen atoms in total. The van der Waals surface area contributed by atoms with Crippen molar-refractivity contribution in [1.82, 2.24) is 0 Å². The Labute approximate surface area is 94.3 Å². The third kappa shape index (κ3) is 5.76. The zero-order valence-electron chi connectivity index (χ0n) is 10.9. The molecule has 1 atom stereocenters. The second-order valence-corrected chi connectivity index (χ2v) is 4.50. The van der Waals surface area contributed by atoms with Crippen LogP contribution in [0.15, 0.2) is 22.8 Å². The molecule has 0 aliphatic heterocycles. The summed E-state index contributed by atoms with van der Waals surface area (Å²) in [5.74, 6) is 0.641. The molecular weight excluding hydrogens is 187 g/mol. The molecule has 0 aliphatic carbocycles. The summed E-state index contributed by atoms with van der Waals surface area (Å²) in [6.07, 6.45) is 5.37. The predicted octanol–water partition coefficient (Wildman–Crippen LogP) is 5.06. The number of allylic oxidation sites excluding steroid dienone is 4. The largest absolute Gasteiger partial charge is 0.246 e. The first-order valence-corrected chi connectivity index (χ1v) is 5.96. The lowest BCUT2D eigenvalue weighted by atomic mass is 9.94. The van der Waals surface area contributed by atoms with Gasteiger partial charge in [-0.2, -0.15) is 0 Å². The highest BCUT2D eigenvalue weighted by molar-refractivity contribution is 5.28. The molecule has 0 saturated heterocycles. The van der Waals surface area contributed by atoms with Crippen LogP contribution in [0.3, 0.4) is 0 Å². The predicted molar refractivity (Wildman–Crippen MR) is 66.8 cm³/mol. The lowest BCUT2D eigenvalue weighted by molar-refractivity contribution is 0.526. The van der Waals surface area contributed by atoms with Crippen molar-refractivity contribution in [3.63, 3.8) is 0 Å². The summed E-state index contributed by atoms with van der Waals surface area (Å²) in [5, 5.41) is 0. The molecule has 0 aromatic rings. The lowest BCUT2D eigenvalue weighted by Gasteiger charge is -2.12. The van der Waals surface area contributed by atoms with E-state index in [-0.39, 0.29) is 6.67 Å².